The molecule has 33 heavy (non-hydrogen) atoms. The summed E-state index contributed by atoms with van der Waals surface area (Å²) in [6.07, 6.45) is 0.445. The second-order valence-electron chi connectivity index (χ2n) is 9.59. The topological polar surface area (TPSA) is 77.6 Å². The standard InChI is InChI=1S/C26H20N4O3/c1-26-13(11-28-32)10-19(33-26)29-17-8-4-2-6-14(17)21-22-16(12-27-25(22)31)20-15-7-3-5-9-18(15)30(26)24(20)23(21)29/h2-9,13,19H,10-12H2,1H3,(H,27,31). The van der Waals surface area contributed by atoms with E-state index in [0.29, 0.717) is 13.0 Å². The van der Waals surface area contributed by atoms with E-state index in [4.69, 9.17) is 4.74 Å². The number of nitrogens with zero attached hydrogens (tertiary/aromatic N) is 3. The minimum atomic E-state index is -0.725. The molecule has 5 aromatic rings. The number of hydrogen-bond donors (Lipinski definition) is 1. The normalized spacial score (nSPS) is 25.4. The number of benzene rings is 3. The Kier molecular flexibility index (Phi) is 3.03. The minimum Gasteiger partial charge on any atom is -0.348 e. The van der Waals surface area contributed by atoms with Crippen LogP contribution in [0, 0.1) is 10.8 Å². The first-order chi connectivity index (χ1) is 16.1. The lowest BCUT2D eigenvalue weighted by molar-refractivity contribution is -0.115. The summed E-state index contributed by atoms with van der Waals surface area (Å²) in [5.41, 5.74) is 5.34. The Morgan fingerprint density at radius 3 is 2.58 bits per heavy atom. The second kappa shape index (κ2) is 5.61. The molecule has 2 aromatic heterocycles. The van der Waals surface area contributed by atoms with E-state index in [9.17, 15) is 9.70 Å². The number of para-hydroxylation sites is 2. The van der Waals surface area contributed by atoms with Crippen LogP contribution in [0.1, 0.15) is 35.5 Å². The Morgan fingerprint density at radius 2 is 1.79 bits per heavy atom. The number of rotatable bonds is 2. The number of amides is 1. The monoisotopic (exact) mass is 436 g/mol. The summed E-state index contributed by atoms with van der Waals surface area (Å²) in [7, 11) is 0. The Balaban J connectivity index is 1.74. The van der Waals surface area contributed by atoms with Crippen LogP contribution in [0.25, 0.3) is 43.6 Å². The van der Waals surface area contributed by atoms with Crippen molar-refractivity contribution < 1.29 is 9.53 Å². The fraction of sp³-hybridized carbons (Fsp3) is 0.269. The first kappa shape index (κ1) is 17.8. The van der Waals surface area contributed by atoms with E-state index in [1.54, 1.807) is 0 Å². The van der Waals surface area contributed by atoms with Gasteiger partial charge >= 0.3 is 0 Å². The molecule has 3 aliphatic heterocycles. The third kappa shape index (κ3) is 1.83. The molecule has 1 amide bonds. The molecule has 7 heteroatoms. The largest absolute Gasteiger partial charge is 0.348 e. The van der Waals surface area contributed by atoms with E-state index in [-0.39, 0.29) is 24.6 Å². The van der Waals surface area contributed by atoms with Gasteiger partial charge in [-0.15, -0.1) is 0 Å². The van der Waals surface area contributed by atoms with Crippen LogP contribution in [0.2, 0.25) is 0 Å². The Morgan fingerprint density at radius 1 is 1.06 bits per heavy atom. The number of ether oxygens (including phenoxy) is 1. The van der Waals surface area contributed by atoms with E-state index in [0.717, 1.165) is 54.7 Å². The average molecular weight is 436 g/mol. The summed E-state index contributed by atoms with van der Waals surface area (Å²) < 4.78 is 11.4. The molecule has 3 atom stereocenters. The Labute approximate surface area is 187 Å². The van der Waals surface area contributed by atoms with Gasteiger partial charge in [-0.3, -0.25) is 4.79 Å². The third-order valence-electron chi connectivity index (χ3n) is 8.16. The summed E-state index contributed by atoms with van der Waals surface area (Å²) in [5.74, 6) is -0.0763. The van der Waals surface area contributed by atoms with Crippen molar-refractivity contribution in [2.75, 3.05) is 6.54 Å². The number of nitroso groups, excluding NO2 is 1. The van der Waals surface area contributed by atoms with E-state index < -0.39 is 5.72 Å². The van der Waals surface area contributed by atoms with Gasteiger partial charge in [-0.05, 0) is 24.6 Å². The summed E-state index contributed by atoms with van der Waals surface area (Å²) >= 11 is 0. The summed E-state index contributed by atoms with van der Waals surface area (Å²) in [5, 5.41) is 10.6. The van der Waals surface area contributed by atoms with Gasteiger partial charge in [0.15, 0.2) is 0 Å². The highest BCUT2D eigenvalue weighted by molar-refractivity contribution is 6.31. The fourth-order valence-corrected chi connectivity index (χ4v) is 6.85. The zero-order valence-corrected chi connectivity index (χ0v) is 18.0. The molecule has 0 spiro atoms. The smallest absolute Gasteiger partial charge is 0.252 e. The van der Waals surface area contributed by atoms with Gasteiger partial charge in [0.1, 0.15) is 12.0 Å². The third-order valence-corrected chi connectivity index (χ3v) is 8.16. The van der Waals surface area contributed by atoms with Crippen molar-refractivity contribution in [2.45, 2.75) is 31.8 Å². The van der Waals surface area contributed by atoms with Crippen LogP contribution in [0.15, 0.2) is 53.7 Å². The number of carbonyl (C=O) groups is 1. The van der Waals surface area contributed by atoms with Crippen LogP contribution in [0.4, 0.5) is 0 Å². The fourth-order valence-electron chi connectivity index (χ4n) is 6.85. The molecular weight excluding hydrogens is 416 g/mol. The number of carbonyl (C=O) groups excluding carboxylic acids is 1. The zero-order chi connectivity index (χ0) is 22.1. The van der Waals surface area contributed by atoms with Crippen LogP contribution in [0.5, 0.6) is 0 Å². The number of aromatic nitrogens is 2. The number of hydrogen-bond acceptors (Lipinski definition) is 4. The molecule has 0 aliphatic carbocycles. The molecule has 3 unspecified atom stereocenters. The van der Waals surface area contributed by atoms with Gasteiger partial charge < -0.3 is 19.2 Å². The van der Waals surface area contributed by atoms with E-state index in [1.165, 1.54) is 0 Å². The molecule has 8 rings (SSSR count). The van der Waals surface area contributed by atoms with Crippen molar-refractivity contribution in [3.05, 3.63) is 64.6 Å². The lowest BCUT2D eigenvalue weighted by Crippen LogP contribution is -2.37. The van der Waals surface area contributed by atoms with Crippen LogP contribution in [-0.4, -0.2) is 21.6 Å². The predicted octanol–water partition coefficient (Wildman–Crippen LogP) is 5.13. The highest BCUT2D eigenvalue weighted by Gasteiger charge is 2.52. The minimum absolute atomic E-state index is 0.0174. The van der Waals surface area contributed by atoms with Crippen molar-refractivity contribution in [1.82, 2.24) is 14.5 Å². The number of fused-ring (bicyclic) bond motifs is 13. The van der Waals surface area contributed by atoms with E-state index >= 15 is 0 Å². The van der Waals surface area contributed by atoms with Crippen LogP contribution in [-0.2, 0) is 17.0 Å². The molecule has 1 saturated heterocycles. The van der Waals surface area contributed by atoms with Gasteiger partial charge in [0.05, 0.1) is 34.2 Å². The summed E-state index contributed by atoms with van der Waals surface area (Å²) in [4.78, 5) is 24.6. The maximum Gasteiger partial charge on any atom is 0.252 e. The first-order valence-electron chi connectivity index (χ1n) is 11.4. The summed E-state index contributed by atoms with van der Waals surface area (Å²) in [6, 6.07) is 16.6. The highest BCUT2D eigenvalue weighted by atomic mass is 16.5. The van der Waals surface area contributed by atoms with Crippen molar-refractivity contribution in [1.29, 1.82) is 0 Å². The molecule has 0 radical (unpaired) electrons. The zero-order valence-electron chi connectivity index (χ0n) is 18.0. The molecule has 1 N–H and O–H groups in total. The molecule has 2 bridgehead atoms. The molecule has 1 fully saturated rings. The van der Waals surface area contributed by atoms with Gasteiger partial charge in [0.25, 0.3) is 5.91 Å². The number of nitrogens with one attached hydrogen (secondary N) is 1. The predicted molar refractivity (Wildman–Crippen MR) is 126 cm³/mol. The van der Waals surface area contributed by atoms with Gasteiger partial charge in [-0.25, -0.2) is 0 Å². The quantitative estimate of drug-likeness (QED) is 0.390. The maximum absolute atomic E-state index is 13.2. The van der Waals surface area contributed by atoms with Gasteiger partial charge in [-0.1, -0.05) is 41.6 Å². The van der Waals surface area contributed by atoms with Crippen molar-refractivity contribution >= 4 is 49.5 Å². The molecular formula is C26H20N4O3. The SMILES string of the molecule is CC12OC(CC1CN=O)n1c3ccccc3c3c4c(c5c6ccccc6n2c5c31)CNC4=O. The molecule has 162 valence electrons. The van der Waals surface area contributed by atoms with Crippen molar-refractivity contribution in [2.24, 2.45) is 11.1 Å². The van der Waals surface area contributed by atoms with Crippen molar-refractivity contribution in [3.8, 4) is 0 Å². The van der Waals surface area contributed by atoms with Crippen molar-refractivity contribution in [3.63, 3.8) is 0 Å². The van der Waals surface area contributed by atoms with Crippen LogP contribution >= 0.6 is 0 Å². The molecule has 3 aliphatic rings. The molecule has 7 nitrogen and oxygen atoms in total. The Bertz CT molecular complexity index is 1730. The summed E-state index contributed by atoms with van der Waals surface area (Å²) in [6.45, 7) is 2.80. The average Bonchev–Trinajstić information content (AvgIpc) is 3.52. The lowest BCUT2D eigenvalue weighted by Gasteiger charge is -2.32. The molecule has 0 saturated carbocycles. The van der Waals surface area contributed by atoms with E-state index in [2.05, 4.69) is 50.8 Å². The molecule has 5 heterocycles. The second-order valence-corrected chi connectivity index (χ2v) is 9.59. The van der Waals surface area contributed by atoms with Gasteiger partial charge in [0.2, 0.25) is 0 Å². The van der Waals surface area contributed by atoms with E-state index in [1.807, 2.05) is 24.3 Å². The first-order valence-corrected chi connectivity index (χ1v) is 11.4. The lowest BCUT2D eigenvalue weighted by atomic mass is 9.93. The van der Waals surface area contributed by atoms with Gasteiger partial charge in [-0.2, -0.15) is 4.91 Å². The molecule has 3 aromatic carbocycles. The maximum atomic E-state index is 13.2. The highest BCUT2D eigenvalue weighted by Crippen LogP contribution is 2.56. The van der Waals surface area contributed by atoms with Gasteiger partial charge in [0, 0.05) is 40.4 Å². The van der Waals surface area contributed by atoms with Crippen LogP contribution in [0.3, 0.4) is 0 Å². The van der Waals surface area contributed by atoms with Crippen LogP contribution < -0.4 is 5.32 Å². The Hall–Kier alpha value is -3.71.